The molecule has 5 rings (SSSR count). The zero-order valence-corrected chi connectivity index (χ0v) is 16.6. The number of hydrogen-bond acceptors (Lipinski definition) is 1. The van der Waals surface area contributed by atoms with Crippen molar-refractivity contribution < 1.29 is 4.79 Å². The van der Waals surface area contributed by atoms with Gasteiger partial charge in [0.05, 0.1) is 6.04 Å². The molecule has 0 spiro atoms. The molecule has 3 atom stereocenters. The molecular formula is C25H22ClNO. The van der Waals surface area contributed by atoms with Crippen LogP contribution in [0.4, 0.5) is 5.69 Å². The number of carbonyl (C=O) groups excluding carboxylic acids is 1. The highest BCUT2D eigenvalue weighted by Gasteiger charge is 2.44. The van der Waals surface area contributed by atoms with E-state index in [0.717, 1.165) is 17.1 Å². The number of benzene rings is 3. The van der Waals surface area contributed by atoms with Gasteiger partial charge in [-0.1, -0.05) is 73.1 Å². The molecule has 0 N–H and O–H groups in total. The summed E-state index contributed by atoms with van der Waals surface area (Å²) in [5, 5.41) is 3.17. The normalized spacial score (nSPS) is 22.9. The quantitative estimate of drug-likeness (QED) is 0.450. The van der Waals surface area contributed by atoms with Crippen LogP contribution in [0.25, 0.3) is 10.8 Å². The van der Waals surface area contributed by atoms with E-state index in [4.69, 9.17) is 11.6 Å². The SMILES string of the molecule is CCC(=O)N1c2ccc(Cl)cc2[C@H]2C=CC[C@@H]2[C@@H]1c1cccc2ccccc12. The number of allylic oxidation sites excluding steroid dienone is 2. The van der Waals surface area contributed by atoms with Gasteiger partial charge in [-0.2, -0.15) is 0 Å². The maximum atomic E-state index is 13.2. The molecule has 0 bridgehead atoms. The van der Waals surface area contributed by atoms with Crippen LogP contribution in [0.15, 0.2) is 72.8 Å². The number of fused-ring (bicyclic) bond motifs is 4. The van der Waals surface area contributed by atoms with Crippen molar-refractivity contribution in [3.05, 3.63) is 89.0 Å². The first-order valence-electron chi connectivity index (χ1n) is 9.95. The Kier molecular flexibility index (Phi) is 4.25. The van der Waals surface area contributed by atoms with Gasteiger partial charge in [0, 0.05) is 23.0 Å². The van der Waals surface area contributed by atoms with E-state index < -0.39 is 0 Å². The molecule has 2 aliphatic rings. The second-order valence-electron chi connectivity index (χ2n) is 7.69. The third-order valence-corrected chi connectivity index (χ3v) is 6.45. The number of halogens is 1. The molecule has 28 heavy (non-hydrogen) atoms. The summed E-state index contributed by atoms with van der Waals surface area (Å²) in [4.78, 5) is 15.2. The minimum atomic E-state index is 0.0206. The molecule has 3 heteroatoms. The molecule has 0 unspecified atom stereocenters. The summed E-state index contributed by atoms with van der Waals surface area (Å²) in [7, 11) is 0. The zero-order chi connectivity index (χ0) is 19.3. The van der Waals surface area contributed by atoms with Crippen LogP contribution in [0, 0.1) is 5.92 Å². The smallest absolute Gasteiger partial charge is 0.227 e. The first-order valence-corrected chi connectivity index (χ1v) is 10.3. The third-order valence-electron chi connectivity index (χ3n) is 6.22. The van der Waals surface area contributed by atoms with Crippen molar-refractivity contribution in [3.63, 3.8) is 0 Å². The van der Waals surface area contributed by atoms with Gasteiger partial charge in [0.15, 0.2) is 0 Å². The van der Waals surface area contributed by atoms with Crippen molar-refractivity contribution in [2.45, 2.75) is 31.7 Å². The van der Waals surface area contributed by atoms with Gasteiger partial charge in [-0.3, -0.25) is 4.79 Å². The average molecular weight is 388 g/mol. The summed E-state index contributed by atoms with van der Waals surface area (Å²) >= 11 is 6.33. The van der Waals surface area contributed by atoms with E-state index in [0.29, 0.717) is 18.3 Å². The topological polar surface area (TPSA) is 20.3 Å². The number of rotatable bonds is 2. The van der Waals surface area contributed by atoms with Crippen LogP contribution in [0.1, 0.15) is 42.9 Å². The lowest BCUT2D eigenvalue weighted by molar-refractivity contribution is -0.119. The molecule has 2 nitrogen and oxygen atoms in total. The summed E-state index contributed by atoms with van der Waals surface area (Å²) < 4.78 is 0. The van der Waals surface area contributed by atoms with E-state index in [1.807, 2.05) is 30.0 Å². The number of carbonyl (C=O) groups is 1. The van der Waals surface area contributed by atoms with E-state index in [2.05, 4.69) is 54.6 Å². The Balaban J connectivity index is 1.78. The predicted molar refractivity (Wildman–Crippen MR) is 116 cm³/mol. The van der Waals surface area contributed by atoms with Gasteiger partial charge in [-0.25, -0.2) is 0 Å². The lowest BCUT2D eigenvalue weighted by Crippen LogP contribution is -2.43. The Morgan fingerprint density at radius 1 is 1.07 bits per heavy atom. The van der Waals surface area contributed by atoms with E-state index in [-0.39, 0.29) is 11.9 Å². The second-order valence-corrected chi connectivity index (χ2v) is 8.12. The van der Waals surface area contributed by atoms with Gasteiger partial charge in [0.1, 0.15) is 0 Å². The van der Waals surface area contributed by atoms with Crippen LogP contribution < -0.4 is 4.90 Å². The maximum absolute atomic E-state index is 13.2. The minimum absolute atomic E-state index is 0.0206. The van der Waals surface area contributed by atoms with Crippen LogP contribution in [-0.4, -0.2) is 5.91 Å². The number of anilines is 1. The molecule has 1 amide bonds. The van der Waals surface area contributed by atoms with E-state index >= 15 is 0 Å². The van der Waals surface area contributed by atoms with Crippen LogP contribution in [0.3, 0.4) is 0 Å². The first-order chi connectivity index (χ1) is 13.7. The number of nitrogens with zero attached hydrogens (tertiary/aromatic N) is 1. The van der Waals surface area contributed by atoms with Crippen molar-refractivity contribution in [2.24, 2.45) is 5.92 Å². The fraction of sp³-hybridized carbons (Fsp3) is 0.240. The molecule has 140 valence electrons. The highest BCUT2D eigenvalue weighted by Crippen LogP contribution is 2.54. The summed E-state index contributed by atoms with van der Waals surface area (Å²) in [6.45, 7) is 1.94. The van der Waals surface area contributed by atoms with E-state index in [1.165, 1.54) is 21.9 Å². The molecule has 3 aromatic carbocycles. The fourth-order valence-corrected chi connectivity index (χ4v) is 5.20. The van der Waals surface area contributed by atoms with Crippen molar-refractivity contribution in [1.29, 1.82) is 0 Å². The van der Waals surface area contributed by atoms with E-state index in [9.17, 15) is 4.79 Å². The molecular weight excluding hydrogens is 366 g/mol. The molecule has 3 aromatic rings. The Morgan fingerprint density at radius 3 is 2.75 bits per heavy atom. The molecule has 0 aromatic heterocycles. The van der Waals surface area contributed by atoms with Crippen LogP contribution >= 0.6 is 11.6 Å². The average Bonchev–Trinajstić information content (AvgIpc) is 3.22. The maximum Gasteiger partial charge on any atom is 0.227 e. The van der Waals surface area contributed by atoms with Crippen molar-refractivity contribution in [3.8, 4) is 0 Å². The monoisotopic (exact) mass is 387 g/mol. The zero-order valence-electron chi connectivity index (χ0n) is 15.8. The summed E-state index contributed by atoms with van der Waals surface area (Å²) in [5.41, 5.74) is 3.41. The minimum Gasteiger partial charge on any atom is -0.304 e. The lowest BCUT2D eigenvalue weighted by atomic mass is 9.74. The summed E-state index contributed by atoms with van der Waals surface area (Å²) in [6.07, 6.45) is 6.01. The Morgan fingerprint density at radius 2 is 1.89 bits per heavy atom. The number of amides is 1. The molecule has 0 radical (unpaired) electrons. The second kappa shape index (κ2) is 6.79. The fourth-order valence-electron chi connectivity index (χ4n) is 5.02. The number of hydrogen-bond donors (Lipinski definition) is 0. The first kappa shape index (κ1) is 17.5. The molecule has 0 fully saturated rings. The van der Waals surface area contributed by atoms with Crippen molar-refractivity contribution >= 4 is 34.0 Å². The van der Waals surface area contributed by atoms with Gasteiger partial charge >= 0.3 is 0 Å². The van der Waals surface area contributed by atoms with Crippen LogP contribution in [0.5, 0.6) is 0 Å². The molecule has 0 saturated carbocycles. The Labute approximate surface area is 170 Å². The van der Waals surface area contributed by atoms with Gasteiger partial charge in [0.2, 0.25) is 5.91 Å². The van der Waals surface area contributed by atoms with Crippen LogP contribution in [-0.2, 0) is 4.79 Å². The predicted octanol–water partition coefficient (Wildman–Crippen LogP) is 6.65. The van der Waals surface area contributed by atoms with Crippen LogP contribution in [0.2, 0.25) is 5.02 Å². The highest BCUT2D eigenvalue weighted by atomic mass is 35.5. The molecule has 1 aliphatic carbocycles. The third kappa shape index (κ3) is 2.59. The largest absolute Gasteiger partial charge is 0.304 e. The van der Waals surface area contributed by atoms with Gasteiger partial charge in [-0.05, 0) is 52.4 Å². The van der Waals surface area contributed by atoms with Gasteiger partial charge in [-0.15, -0.1) is 0 Å². The van der Waals surface area contributed by atoms with Gasteiger partial charge in [0.25, 0.3) is 0 Å². The summed E-state index contributed by atoms with van der Waals surface area (Å²) in [6, 6.07) is 20.9. The van der Waals surface area contributed by atoms with Gasteiger partial charge < -0.3 is 4.90 Å². The Bertz CT molecular complexity index is 1100. The Hall–Kier alpha value is -2.58. The standard InChI is InChI=1S/C25H22ClNO/c1-2-24(28)27-23-14-13-17(26)15-22(23)19-10-6-12-21(19)25(27)20-11-5-8-16-7-3-4-9-18(16)20/h3-11,13-15,19,21,25H,2,12H2,1H3/t19-,21-,25-/m0/s1. The molecule has 1 heterocycles. The van der Waals surface area contributed by atoms with Crippen molar-refractivity contribution in [2.75, 3.05) is 4.90 Å². The lowest BCUT2D eigenvalue weighted by Gasteiger charge is -2.45. The van der Waals surface area contributed by atoms with E-state index in [1.54, 1.807) is 0 Å². The summed E-state index contributed by atoms with van der Waals surface area (Å²) in [5.74, 6) is 0.776. The molecule has 1 aliphatic heterocycles. The van der Waals surface area contributed by atoms with Crippen molar-refractivity contribution in [1.82, 2.24) is 0 Å². The molecule has 0 saturated heterocycles. The highest BCUT2D eigenvalue weighted by molar-refractivity contribution is 6.30.